The quantitative estimate of drug-likeness (QED) is 0.222. The number of nitrogens with zero attached hydrogens (tertiary/aromatic N) is 7. The van der Waals surface area contributed by atoms with E-state index in [1.807, 2.05) is 13.8 Å². The van der Waals surface area contributed by atoms with E-state index in [4.69, 9.17) is 11.5 Å². The molecule has 0 fully saturated rings. The fraction of sp³-hybridized carbons (Fsp3) is 0.318. The van der Waals surface area contributed by atoms with Gasteiger partial charge in [-0.1, -0.05) is 20.8 Å². The molecule has 3 rings (SSSR count). The van der Waals surface area contributed by atoms with Gasteiger partial charge in [-0.25, -0.2) is 4.98 Å². The van der Waals surface area contributed by atoms with Gasteiger partial charge in [-0.05, 0) is 44.0 Å². The summed E-state index contributed by atoms with van der Waals surface area (Å²) in [7, 11) is 0. The van der Waals surface area contributed by atoms with Crippen molar-refractivity contribution in [2.75, 3.05) is 11.5 Å². The molecule has 3 heterocycles. The van der Waals surface area contributed by atoms with E-state index in [2.05, 4.69) is 21.1 Å². The summed E-state index contributed by atoms with van der Waals surface area (Å²) in [5, 5.41) is 41.9. The molecule has 1 radical (unpaired) electrons. The Morgan fingerprint density at radius 3 is 1.68 bits per heavy atom. The van der Waals surface area contributed by atoms with Crippen molar-refractivity contribution < 1.29 is 52.4 Å². The van der Waals surface area contributed by atoms with E-state index in [-0.39, 0.29) is 66.6 Å². The normalized spacial score (nSPS) is 9.62. The Labute approximate surface area is 252 Å². The molecule has 0 aliphatic rings. The number of anilines is 2. The number of nitrogen functional groups attached to an aromatic ring is 2. The molecule has 0 aromatic carbocycles. The summed E-state index contributed by atoms with van der Waals surface area (Å²) in [5.74, 6) is 0. The summed E-state index contributed by atoms with van der Waals surface area (Å²) in [6.45, 7) is 8.28. The van der Waals surface area contributed by atoms with Crippen LogP contribution in [0.5, 0.6) is 0 Å². The number of nitro groups is 4. The van der Waals surface area contributed by atoms with E-state index >= 15 is 0 Å². The van der Waals surface area contributed by atoms with Crippen LogP contribution in [0.3, 0.4) is 0 Å². The van der Waals surface area contributed by atoms with Gasteiger partial charge >= 0.3 is 0 Å². The van der Waals surface area contributed by atoms with Gasteiger partial charge < -0.3 is 16.5 Å². The van der Waals surface area contributed by atoms with Gasteiger partial charge in [0.1, 0.15) is 17.5 Å². The van der Waals surface area contributed by atoms with Crippen molar-refractivity contribution in [3.05, 3.63) is 93.3 Å². The van der Waals surface area contributed by atoms with E-state index in [0.29, 0.717) is 12.1 Å². The van der Waals surface area contributed by atoms with E-state index in [1.165, 1.54) is 13.8 Å². The first-order chi connectivity index (χ1) is 18.2. The number of aromatic nitrogens is 3. The molecule has 0 atom stereocenters. The number of pyridine rings is 3. The summed E-state index contributed by atoms with van der Waals surface area (Å²) >= 11 is 0. The molecule has 4 N–H and O–H groups in total. The molecule has 0 saturated carbocycles. The fourth-order valence-corrected chi connectivity index (χ4v) is 3.11. The van der Waals surface area contributed by atoms with E-state index in [1.54, 1.807) is 13.1 Å². The molecule has 211 valence electrons. The SMILES string of the molecule is CCc1ncc(N)c(C)c1N.CCc1ncc([N+](=O)[O-])c(C)c1[N+](=O)[O-].Cc1c([N+](=O)[O-])[c-]ncc1[N+](=O)[O-].[Y]. The molecular formula is C22H26N9O8Y-. The van der Waals surface area contributed by atoms with Crippen LogP contribution in [0.4, 0.5) is 34.1 Å². The second-order valence-electron chi connectivity index (χ2n) is 7.73. The van der Waals surface area contributed by atoms with Gasteiger partial charge in [0, 0.05) is 48.8 Å². The zero-order chi connectivity index (χ0) is 30.0. The predicted octanol–water partition coefficient (Wildman–Crippen LogP) is 3.89. The van der Waals surface area contributed by atoms with Crippen LogP contribution in [0, 0.1) is 67.4 Å². The maximum Gasteiger partial charge on any atom is 0.300 e. The smallest absolute Gasteiger partial charge is 0.300 e. The Morgan fingerprint density at radius 1 is 0.725 bits per heavy atom. The van der Waals surface area contributed by atoms with Gasteiger partial charge in [-0.3, -0.25) is 45.4 Å². The third kappa shape index (κ3) is 8.91. The number of rotatable bonds is 6. The molecule has 0 aliphatic heterocycles. The van der Waals surface area contributed by atoms with Crippen molar-refractivity contribution in [1.82, 2.24) is 15.0 Å². The molecule has 0 bridgehead atoms. The average Bonchev–Trinajstić information content (AvgIpc) is 2.87. The molecule has 0 unspecified atom stereocenters. The van der Waals surface area contributed by atoms with Crippen molar-refractivity contribution in [2.24, 2.45) is 0 Å². The van der Waals surface area contributed by atoms with Crippen LogP contribution in [0.1, 0.15) is 41.9 Å². The van der Waals surface area contributed by atoms with Crippen LogP contribution in [0.15, 0.2) is 18.6 Å². The molecule has 40 heavy (non-hydrogen) atoms. The topological polar surface area (TPSA) is 263 Å². The van der Waals surface area contributed by atoms with Crippen molar-refractivity contribution >= 4 is 34.1 Å². The molecule has 0 spiro atoms. The molecule has 3 aromatic heterocycles. The van der Waals surface area contributed by atoms with Gasteiger partial charge in [0.2, 0.25) is 0 Å². The largest absolute Gasteiger partial charge is 0.397 e. The van der Waals surface area contributed by atoms with Crippen LogP contribution >= 0.6 is 0 Å². The number of hydrogen-bond acceptors (Lipinski definition) is 13. The van der Waals surface area contributed by atoms with Crippen LogP contribution in [0.25, 0.3) is 0 Å². The van der Waals surface area contributed by atoms with Gasteiger partial charge in [0.25, 0.3) is 11.4 Å². The Balaban J connectivity index is 0.000000570. The Hall–Kier alpha value is -4.25. The van der Waals surface area contributed by atoms with E-state index in [9.17, 15) is 40.5 Å². The summed E-state index contributed by atoms with van der Waals surface area (Å²) in [6, 6.07) is 0. The molecule has 17 nitrogen and oxygen atoms in total. The van der Waals surface area contributed by atoms with Gasteiger partial charge in [0.05, 0.1) is 33.1 Å². The second kappa shape index (κ2) is 16.0. The molecule has 3 aromatic rings. The first kappa shape index (κ1) is 35.8. The summed E-state index contributed by atoms with van der Waals surface area (Å²) in [6.07, 6.45) is 6.95. The third-order valence-electron chi connectivity index (χ3n) is 5.39. The van der Waals surface area contributed by atoms with Gasteiger partial charge in [-0.2, -0.15) is 0 Å². The van der Waals surface area contributed by atoms with Crippen molar-refractivity contribution in [1.29, 1.82) is 0 Å². The van der Waals surface area contributed by atoms with Crippen LogP contribution in [0.2, 0.25) is 0 Å². The van der Waals surface area contributed by atoms with Crippen molar-refractivity contribution in [3.8, 4) is 0 Å². The van der Waals surface area contributed by atoms with Crippen LogP contribution < -0.4 is 11.5 Å². The molecule has 18 heteroatoms. The fourth-order valence-electron chi connectivity index (χ4n) is 3.11. The first-order valence-electron chi connectivity index (χ1n) is 11.1. The maximum atomic E-state index is 10.7. The number of aryl methyl sites for hydroxylation is 2. The minimum Gasteiger partial charge on any atom is -0.397 e. The monoisotopic (exact) mass is 633 g/mol. The zero-order valence-electron chi connectivity index (χ0n) is 22.3. The number of hydrogen-bond donors (Lipinski definition) is 2. The van der Waals surface area contributed by atoms with Crippen LogP contribution in [-0.4, -0.2) is 34.6 Å². The Bertz CT molecular complexity index is 1390. The van der Waals surface area contributed by atoms with E-state index in [0.717, 1.165) is 35.8 Å². The van der Waals surface area contributed by atoms with E-state index < -0.39 is 25.4 Å². The minimum absolute atomic E-state index is 0. The second-order valence-corrected chi connectivity index (χ2v) is 7.73. The van der Waals surface area contributed by atoms with Crippen molar-refractivity contribution in [3.63, 3.8) is 0 Å². The Morgan fingerprint density at radius 2 is 1.23 bits per heavy atom. The van der Waals surface area contributed by atoms with Crippen molar-refractivity contribution in [2.45, 2.75) is 47.5 Å². The minimum atomic E-state index is -0.755. The summed E-state index contributed by atoms with van der Waals surface area (Å²) < 4.78 is 0. The molecule has 0 saturated heterocycles. The number of nitrogens with two attached hydrogens (primary N) is 2. The molecular weight excluding hydrogens is 607 g/mol. The summed E-state index contributed by atoms with van der Waals surface area (Å²) in [5.41, 5.74) is 13.5. The third-order valence-corrected chi connectivity index (χ3v) is 5.39. The average molecular weight is 633 g/mol. The molecule has 0 amide bonds. The maximum absolute atomic E-state index is 10.7. The van der Waals surface area contributed by atoms with Gasteiger partial charge in [-0.15, -0.1) is 0 Å². The Kier molecular flexibility index (Phi) is 14.3. The molecule has 0 aliphatic carbocycles. The van der Waals surface area contributed by atoms with Crippen LogP contribution in [-0.2, 0) is 45.6 Å². The zero-order valence-corrected chi connectivity index (χ0v) is 25.1. The summed E-state index contributed by atoms with van der Waals surface area (Å²) in [4.78, 5) is 50.2. The predicted molar refractivity (Wildman–Crippen MR) is 140 cm³/mol. The van der Waals surface area contributed by atoms with Gasteiger partial charge in [0.15, 0.2) is 11.4 Å². The standard InChI is InChI=1S/C8H9N3O4.C8H13N3.C6H4N3O4.Y/c1-3-6-8(11(14)15)5(2)7(4-9-6)10(12)13;1-3-7-8(10)5(2)6(9)4-11-7;1-4-5(8(10)11)2-7-3-6(4)9(12)13;/h4H,3H2,1-2H3;4H,3,9-10H2,1-2H3;2H,1H3;/q;;-1;. The first-order valence-corrected chi connectivity index (χ1v) is 11.1.